The summed E-state index contributed by atoms with van der Waals surface area (Å²) in [4.78, 5) is 0. The number of allylic oxidation sites excluding steroid dienone is 1. The first-order valence-corrected chi connectivity index (χ1v) is 11.4. The normalized spacial score (nSPS) is 11.3. The molecular formula is C25H42O2. The van der Waals surface area contributed by atoms with Crippen LogP contribution in [0.25, 0.3) is 0 Å². The molecule has 27 heavy (non-hydrogen) atoms. The molecule has 1 aromatic rings. The molecule has 0 bridgehead atoms. The molecule has 0 saturated carbocycles. The Bertz CT molecular complexity index is 467. The van der Waals surface area contributed by atoms with Crippen LogP contribution in [0.1, 0.15) is 110 Å². The van der Waals surface area contributed by atoms with Gasteiger partial charge in [0.05, 0.1) is 6.26 Å². The van der Waals surface area contributed by atoms with Gasteiger partial charge in [-0.3, -0.25) is 0 Å². The average Bonchev–Trinajstić information content (AvgIpc) is 2.67. The lowest BCUT2D eigenvalue weighted by Crippen LogP contribution is -1.84. The van der Waals surface area contributed by atoms with E-state index in [9.17, 15) is 5.11 Å². The summed E-state index contributed by atoms with van der Waals surface area (Å²) in [7, 11) is 0. The molecule has 2 nitrogen and oxygen atoms in total. The lowest BCUT2D eigenvalue weighted by Gasteiger charge is -2.03. The van der Waals surface area contributed by atoms with Crippen LogP contribution in [0.15, 0.2) is 36.6 Å². The van der Waals surface area contributed by atoms with Crippen LogP contribution in [0.2, 0.25) is 0 Å². The van der Waals surface area contributed by atoms with Crippen LogP contribution in [0.3, 0.4) is 0 Å². The molecule has 0 aliphatic rings. The average molecular weight is 375 g/mol. The zero-order chi connectivity index (χ0) is 19.4. The molecule has 2 heteroatoms. The number of hydrogen-bond acceptors (Lipinski definition) is 2. The van der Waals surface area contributed by atoms with Crippen molar-refractivity contribution in [2.45, 2.75) is 110 Å². The zero-order valence-corrected chi connectivity index (χ0v) is 17.6. The Morgan fingerprint density at radius 3 is 1.78 bits per heavy atom. The smallest absolute Gasteiger partial charge is 0.130 e. The van der Waals surface area contributed by atoms with Crippen molar-refractivity contribution >= 4 is 0 Å². The van der Waals surface area contributed by atoms with E-state index in [4.69, 9.17) is 4.74 Å². The summed E-state index contributed by atoms with van der Waals surface area (Å²) >= 11 is 0. The summed E-state index contributed by atoms with van der Waals surface area (Å²) in [5, 5.41) is 9.36. The van der Waals surface area contributed by atoms with E-state index in [-0.39, 0.29) is 5.75 Å². The molecule has 0 fully saturated rings. The summed E-state index contributed by atoms with van der Waals surface area (Å²) in [6, 6.07) is 6.90. The Kier molecular flexibility index (Phi) is 15.7. The maximum atomic E-state index is 9.36. The van der Waals surface area contributed by atoms with Crippen molar-refractivity contribution < 1.29 is 9.84 Å². The van der Waals surface area contributed by atoms with Gasteiger partial charge in [0, 0.05) is 6.07 Å². The van der Waals surface area contributed by atoms with Crippen LogP contribution < -0.4 is 4.74 Å². The third-order valence-corrected chi connectivity index (χ3v) is 5.09. The van der Waals surface area contributed by atoms with Gasteiger partial charge in [-0.1, -0.05) is 103 Å². The van der Waals surface area contributed by atoms with Crippen molar-refractivity contribution in [2.24, 2.45) is 0 Å². The third-order valence-electron chi connectivity index (χ3n) is 5.09. The van der Waals surface area contributed by atoms with Crippen molar-refractivity contribution in [3.05, 3.63) is 36.6 Å². The molecule has 0 atom stereocenters. The molecule has 0 heterocycles. The first-order chi connectivity index (χ1) is 13.3. The van der Waals surface area contributed by atoms with Crippen molar-refractivity contribution in [3.8, 4) is 11.5 Å². The second kappa shape index (κ2) is 17.9. The van der Waals surface area contributed by atoms with Crippen molar-refractivity contribution in [3.63, 3.8) is 0 Å². The number of benzene rings is 1. The minimum Gasteiger partial charge on any atom is -0.508 e. The molecule has 0 radical (unpaired) electrons. The van der Waals surface area contributed by atoms with Crippen LogP contribution in [-0.4, -0.2) is 5.11 Å². The van der Waals surface area contributed by atoms with Gasteiger partial charge in [-0.05, 0) is 31.1 Å². The minimum atomic E-state index is 0.239. The molecule has 1 N–H and O–H groups in total. The molecule has 0 amide bonds. The van der Waals surface area contributed by atoms with Crippen LogP contribution in [-0.2, 0) is 0 Å². The summed E-state index contributed by atoms with van der Waals surface area (Å²) < 4.78 is 5.47. The lowest BCUT2D eigenvalue weighted by molar-refractivity contribution is 0.453. The van der Waals surface area contributed by atoms with Crippen LogP contribution in [0, 0.1) is 0 Å². The SMILES string of the molecule is CCCCCCCCCCCCCCCCCC=COc1cccc(O)c1. The number of aromatic hydroxyl groups is 1. The van der Waals surface area contributed by atoms with Crippen molar-refractivity contribution in [1.29, 1.82) is 0 Å². The van der Waals surface area contributed by atoms with E-state index in [1.54, 1.807) is 24.5 Å². The van der Waals surface area contributed by atoms with Crippen LogP contribution in [0.5, 0.6) is 11.5 Å². The Morgan fingerprint density at radius 2 is 1.26 bits per heavy atom. The molecule has 154 valence electrons. The van der Waals surface area contributed by atoms with E-state index in [0.717, 1.165) is 6.42 Å². The maximum Gasteiger partial charge on any atom is 0.130 e. The fourth-order valence-corrected chi connectivity index (χ4v) is 3.39. The Hall–Kier alpha value is -1.44. The topological polar surface area (TPSA) is 29.5 Å². The Morgan fingerprint density at radius 1 is 0.741 bits per heavy atom. The van der Waals surface area contributed by atoms with Crippen LogP contribution in [0.4, 0.5) is 0 Å². The van der Waals surface area contributed by atoms with Gasteiger partial charge in [-0.25, -0.2) is 0 Å². The van der Waals surface area contributed by atoms with E-state index in [1.165, 1.54) is 96.3 Å². The summed E-state index contributed by atoms with van der Waals surface area (Å²) in [5.74, 6) is 0.922. The highest BCUT2D eigenvalue weighted by Crippen LogP contribution is 2.18. The van der Waals surface area contributed by atoms with Crippen LogP contribution >= 0.6 is 0 Å². The van der Waals surface area contributed by atoms with Crippen molar-refractivity contribution in [2.75, 3.05) is 0 Å². The fraction of sp³-hybridized carbons (Fsp3) is 0.680. The fourth-order valence-electron chi connectivity index (χ4n) is 3.39. The quantitative estimate of drug-likeness (QED) is 0.206. The highest BCUT2D eigenvalue weighted by Gasteiger charge is 1.95. The first kappa shape index (κ1) is 23.6. The number of hydrogen-bond donors (Lipinski definition) is 1. The third kappa shape index (κ3) is 15.3. The van der Waals surface area contributed by atoms with Gasteiger partial charge in [0.15, 0.2) is 0 Å². The molecule has 0 saturated heterocycles. The number of phenolic OH excluding ortho intramolecular Hbond substituents is 1. The van der Waals surface area contributed by atoms with Gasteiger partial charge in [0.1, 0.15) is 11.5 Å². The highest BCUT2D eigenvalue weighted by molar-refractivity contribution is 5.32. The summed E-state index contributed by atoms with van der Waals surface area (Å²) in [5.41, 5.74) is 0. The van der Waals surface area contributed by atoms with E-state index < -0.39 is 0 Å². The van der Waals surface area contributed by atoms with E-state index in [1.807, 2.05) is 6.07 Å². The lowest BCUT2D eigenvalue weighted by atomic mass is 10.0. The standard InChI is InChI=1S/C25H42O2/c1-2-3-4-5-6-7-8-9-10-11-12-13-14-15-16-17-18-22-27-25-21-19-20-24(26)23-25/h18-23,26H,2-17H2,1H3. The summed E-state index contributed by atoms with van der Waals surface area (Å²) in [6.07, 6.45) is 25.9. The molecule has 0 aliphatic carbocycles. The Labute approximate surface area is 168 Å². The molecule has 0 aromatic heterocycles. The number of ether oxygens (including phenoxy) is 1. The molecule has 0 aliphatic heterocycles. The zero-order valence-electron chi connectivity index (χ0n) is 17.6. The van der Waals surface area contributed by atoms with E-state index in [2.05, 4.69) is 13.0 Å². The predicted molar refractivity (Wildman–Crippen MR) is 117 cm³/mol. The van der Waals surface area contributed by atoms with Crippen molar-refractivity contribution in [1.82, 2.24) is 0 Å². The molecule has 1 aromatic carbocycles. The minimum absolute atomic E-state index is 0.239. The van der Waals surface area contributed by atoms with E-state index in [0.29, 0.717) is 5.75 Å². The summed E-state index contributed by atoms with van der Waals surface area (Å²) in [6.45, 7) is 2.28. The van der Waals surface area contributed by atoms with Gasteiger partial charge in [-0.2, -0.15) is 0 Å². The first-order valence-electron chi connectivity index (χ1n) is 11.4. The largest absolute Gasteiger partial charge is 0.508 e. The van der Waals surface area contributed by atoms with Gasteiger partial charge >= 0.3 is 0 Å². The van der Waals surface area contributed by atoms with Gasteiger partial charge in [-0.15, -0.1) is 0 Å². The highest BCUT2D eigenvalue weighted by atomic mass is 16.5. The van der Waals surface area contributed by atoms with E-state index >= 15 is 0 Å². The van der Waals surface area contributed by atoms with Gasteiger partial charge in [0.25, 0.3) is 0 Å². The number of rotatable bonds is 18. The second-order valence-corrected chi connectivity index (χ2v) is 7.73. The maximum absolute atomic E-state index is 9.36. The van der Waals surface area contributed by atoms with Gasteiger partial charge in [0.2, 0.25) is 0 Å². The number of unbranched alkanes of at least 4 members (excludes halogenated alkanes) is 15. The monoisotopic (exact) mass is 374 g/mol. The molecule has 0 unspecified atom stereocenters. The molecule has 1 rings (SSSR count). The second-order valence-electron chi connectivity index (χ2n) is 7.73. The number of phenols is 1. The van der Waals surface area contributed by atoms with Gasteiger partial charge < -0.3 is 9.84 Å². The molecular weight excluding hydrogens is 332 g/mol. The molecule has 0 spiro atoms. The Balaban J connectivity index is 1.77. The predicted octanol–water partition coefficient (Wildman–Crippen LogP) is 8.55.